The van der Waals surface area contributed by atoms with Crippen LogP contribution >= 0.6 is 0 Å². The number of hydrogen-bond donors (Lipinski definition) is 0. The van der Waals surface area contributed by atoms with Crippen molar-refractivity contribution in [3.05, 3.63) is 82.6 Å². The number of alkyl halides is 3. The lowest BCUT2D eigenvalue weighted by Crippen LogP contribution is -2.14. The highest BCUT2D eigenvalue weighted by Gasteiger charge is 2.30. The number of benzene rings is 2. The Labute approximate surface area is 164 Å². The molecule has 0 spiro atoms. The molecule has 0 aliphatic carbocycles. The molecule has 0 aliphatic rings. The van der Waals surface area contributed by atoms with Crippen LogP contribution in [0.25, 0.3) is 11.3 Å². The highest BCUT2D eigenvalue weighted by molar-refractivity contribution is 6.00. The normalized spacial score (nSPS) is 11.3. The number of hydrogen-bond acceptors (Lipinski definition) is 4. The van der Waals surface area contributed by atoms with Crippen molar-refractivity contribution in [2.45, 2.75) is 20.0 Å². The van der Waals surface area contributed by atoms with Gasteiger partial charge in [-0.05, 0) is 43.7 Å². The molecular formula is C22H17F3O4. The van der Waals surface area contributed by atoms with Crippen molar-refractivity contribution in [3.63, 3.8) is 0 Å². The maximum Gasteiger partial charge on any atom is 0.416 e. The van der Waals surface area contributed by atoms with Crippen molar-refractivity contribution in [2.24, 2.45) is 0 Å². The molecule has 0 saturated carbocycles. The van der Waals surface area contributed by atoms with Gasteiger partial charge in [0, 0.05) is 11.1 Å². The van der Waals surface area contributed by atoms with Gasteiger partial charge in [-0.2, -0.15) is 13.2 Å². The minimum absolute atomic E-state index is 0.0868. The molecule has 2 aromatic carbocycles. The molecule has 0 amide bonds. The van der Waals surface area contributed by atoms with Gasteiger partial charge in [0.1, 0.15) is 5.76 Å². The molecule has 0 aliphatic heterocycles. The number of furan rings is 1. The van der Waals surface area contributed by atoms with Gasteiger partial charge in [-0.25, -0.2) is 4.79 Å². The van der Waals surface area contributed by atoms with E-state index in [9.17, 15) is 22.8 Å². The van der Waals surface area contributed by atoms with Crippen molar-refractivity contribution >= 4 is 11.8 Å². The van der Waals surface area contributed by atoms with Crippen molar-refractivity contribution in [2.75, 3.05) is 6.61 Å². The molecule has 0 atom stereocenters. The minimum atomic E-state index is -4.49. The van der Waals surface area contributed by atoms with Crippen LogP contribution in [0.5, 0.6) is 0 Å². The largest absolute Gasteiger partial charge is 0.451 e. The Kier molecular flexibility index (Phi) is 5.59. The van der Waals surface area contributed by atoms with Crippen molar-refractivity contribution in [1.82, 2.24) is 0 Å². The van der Waals surface area contributed by atoms with E-state index in [-0.39, 0.29) is 22.9 Å². The zero-order valence-electron chi connectivity index (χ0n) is 15.7. The summed E-state index contributed by atoms with van der Waals surface area (Å²) in [5, 5.41) is 0. The summed E-state index contributed by atoms with van der Waals surface area (Å²) in [6.07, 6.45) is -4.49. The molecule has 0 fully saturated rings. The first-order valence-electron chi connectivity index (χ1n) is 8.70. The van der Waals surface area contributed by atoms with Gasteiger partial charge in [-0.3, -0.25) is 4.79 Å². The van der Waals surface area contributed by atoms with Crippen LogP contribution in [0.2, 0.25) is 0 Å². The first-order chi connectivity index (χ1) is 13.6. The molecule has 7 heteroatoms. The molecule has 3 aromatic rings. The van der Waals surface area contributed by atoms with E-state index in [4.69, 9.17) is 9.15 Å². The van der Waals surface area contributed by atoms with Crippen molar-refractivity contribution in [1.29, 1.82) is 0 Å². The molecule has 0 saturated heterocycles. The second-order valence-corrected chi connectivity index (χ2v) is 6.56. The fourth-order valence-electron chi connectivity index (χ4n) is 2.86. The molecule has 4 nitrogen and oxygen atoms in total. The van der Waals surface area contributed by atoms with E-state index in [2.05, 4.69) is 0 Å². The summed E-state index contributed by atoms with van der Waals surface area (Å²) >= 11 is 0. The van der Waals surface area contributed by atoms with Crippen molar-refractivity contribution in [3.8, 4) is 11.3 Å². The zero-order valence-corrected chi connectivity index (χ0v) is 15.7. The first kappa shape index (κ1) is 20.4. The third-order valence-corrected chi connectivity index (χ3v) is 4.30. The Morgan fingerprint density at radius 1 is 1.00 bits per heavy atom. The fourth-order valence-corrected chi connectivity index (χ4v) is 2.86. The van der Waals surface area contributed by atoms with Crippen LogP contribution in [0.1, 0.15) is 37.6 Å². The van der Waals surface area contributed by atoms with Gasteiger partial charge in [-0.15, -0.1) is 0 Å². The number of Topliss-reactive ketones (excluding diaryl/α,β-unsaturated/α-hetero) is 1. The monoisotopic (exact) mass is 402 g/mol. The summed E-state index contributed by atoms with van der Waals surface area (Å²) in [6, 6.07) is 12.5. The second kappa shape index (κ2) is 7.95. The third-order valence-electron chi connectivity index (χ3n) is 4.30. The van der Waals surface area contributed by atoms with Crippen LogP contribution < -0.4 is 0 Å². The molecule has 150 valence electrons. The average Bonchev–Trinajstić information content (AvgIpc) is 3.15. The molecule has 0 bridgehead atoms. The fraction of sp³-hybridized carbons (Fsp3) is 0.182. The van der Waals surface area contributed by atoms with Crippen LogP contribution in [0.3, 0.4) is 0 Å². The number of rotatable bonds is 5. The highest BCUT2D eigenvalue weighted by Crippen LogP contribution is 2.32. The SMILES string of the molecule is Cc1ccc(C(=O)COC(=O)c2ccc(-c3cccc(C(F)(F)F)c3)o2)c(C)c1. The van der Waals surface area contributed by atoms with E-state index in [1.165, 1.54) is 24.3 Å². The Balaban J connectivity index is 1.69. The van der Waals surface area contributed by atoms with E-state index in [1.54, 1.807) is 19.1 Å². The number of carbonyl (C=O) groups is 2. The average molecular weight is 402 g/mol. The molecule has 29 heavy (non-hydrogen) atoms. The summed E-state index contributed by atoms with van der Waals surface area (Å²) < 4.78 is 48.9. The lowest BCUT2D eigenvalue weighted by molar-refractivity contribution is -0.137. The van der Waals surface area contributed by atoms with E-state index in [1.807, 2.05) is 13.0 Å². The van der Waals surface area contributed by atoms with Crippen LogP contribution in [0.4, 0.5) is 13.2 Å². The number of carbonyl (C=O) groups excluding carboxylic acids is 2. The number of halogens is 3. The van der Waals surface area contributed by atoms with Crippen LogP contribution in [-0.2, 0) is 10.9 Å². The smallest absolute Gasteiger partial charge is 0.416 e. The van der Waals surface area contributed by atoms with Gasteiger partial charge in [0.15, 0.2) is 6.61 Å². The summed E-state index contributed by atoms with van der Waals surface area (Å²) in [6.45, 7) is 3.22. The van der Waals surface area contributed by atoms with Gasteiger partial charge in [-0.1, -0.05) is 35.9 Å². The number of ether oxygens (including phenoxy) is 1. The third kappa shape index (κ3) is 4.74. The summed E-state index contributed by atoms with van der Waals surface area (Å²) in [5.74, 6) is -1.35. The Hall–Kier alpha value is -3.35. The molecule has 1 aromatic heterocycles. The number of ketones is 1. The lowest BCUT2D eigenvalue weighted by atomic mass is 10.0. The highest BCUT2D eigenvalue weighted by atomic mass is 19.4. The molecular weight excluding hydrogens is 385 g/mol. The Morgan fingerprint density at radius 3 is 2.45 bits per heavy atom. The van der Waals surface area contributed by atoms with Crippen LogP contribution in [-0.4, -0.2) is 18.4 Å². The zero-order chi connectivity index (χ0) is 21.2. The van der Waals surface area contributed by atoms with Gasteiger partial charge >= 0.3 is 12.1 Å². The quantitative estimate of drug-likeness (QED) is 0.410. The summed E-state index contributed by atoms with van der Waals surface area (Å²) in [4.78, 5) is 24.4. The molecule has 0 radical (unpaired) electrons. The second-order valence-electron chi connectivity index (χ2n) is 6.56. The topological polar surface area (TPSA) is 56.5 Å². The summed E-state index contributed by atoms with van der Waals surface area (Å²) in [5.41, 5.74) is 1.58. The standard InChI is InChI=1S/C22H17F3O4/c1-13-6-7-17(14(2)10-13)18(26)12-28-21(27)20-9-8-19(29-20)15-4-3-5-16(11-15)22(23,24)25/h3-11H,12H2,1-2H3. The van der Waals surface area contributed by atoms with E-state index >= 15 is 0 Å². The Morgan fingerprint density at radius 2 is 1.76 bits per heavy atom. The molecule has 0 N–H and O–H groups in total. The predicted octanol–water partition coefficient (Wildman–Crippen LogP) is 5.62. The molecule has 1 heterocycles. The first-order valence-corrected chi connectivity index (χ1v) is 8.70. The van der Waals surface area contributed by atoms with E-state index in [0.29, 0.717) is 5.56 Å². The number of aryl methyl sites for hydroxylation is 2. The van der Waals surface area contributed by atoms with Gasteiger partial charge in [0.05, 0.1) is 5.56 Å². The summed E-state index contributed by atoms with van der Waals surface area (Å²) in [7, 11) is 0. The minimum Gasteiger partial charge on any atom is -0.451 e. The van der Waals surface area contributed by atoms with Gasteiger partial charge < -0.3 is 9.15 Å². The Bertz CT molecular complexity index is 1060. The van der Waals surface area contributed by atoms with Gasteiger partial charge in [0.2, 0.25) is 11.5 Å². The maximum absolute atomic E-state index is 12.8. The predicted molar refractivity (Wildman–Crippen MR) is 99.7 cm³/mol. The molecule has 0 unspecified atom stereocenters. The maximum atomic E-state index is 12.8. The van der Waals surface area contributed by atoms with Crippen LogP contribution in [0.15, 0.2) is 59.0 Å². The molecule has 3 rings (SSSR count). The van der Waals surface area contributed by atoms with Gasteiger partial charge in [0.25, 0.3) is 0 Å². The number of esters is 1. The van der Waals surface area contributed by atoms with Crippen molar-refractivity contribution < 1.29 is 31.9 Å². The van der Waals surface area contributed by atoms with Crippen LogP contribution in [0, 0.1) is 13.8 Å². The van der Waals surface area contributed by atoms with E-state index < -0.39 is 24.3 Å². The lowest BCUT2D eigenvalue weighted by Gasteiger charge is -2.07. The van der Waals surface area contributed by atoms with E-state index in [0.717, 1.165) is 23.3 Å².